The van der Waals surface area contributed by atoms with Crippen molar-refractivity contribution in [2.24, 2.45) is 0 Å². The van der Waals surface area contributed by atoms with Gasteiger partial charge in [-0.05, 0) is 36.4 Å². The number of fused-ring (bicyclic) bond motifs is 1. The minimum atomic E-state index is -0.244. The maximum atomic E-state index is 12.0. The Morgan fingerprint density at radius 1 is 1.25 bits per heavy atom. The molecule has 0 aliphatic carbocycles. The molecule has 1 aromatic carbocycles. The first-order valence-corrected chi connectivity index (χ1v) is 6.32. The molecule has 0 aliphatic rings. The summed E-state index contributed by atoms with van der Waals surface area (Å²) in [7, 11) is 0. The highest BCUT2D eigenvalue weighted by Gasteiger charge is 2.12. The number of hydrogen-bond donors (Lipinski definition) is 2. The Morgan fingerprint density at radius 3 is 2.95 bits per heavy atom. The van der Waals surface area contributed by atoms with Crippen molar-refractivity contribution >= 4 is 22.6 Å². The normalized spacial score (nSPS) is 10.8. The Labute approximate surface area is 115 Å². The van der Waals surface area contributed by atoms with Crippen molar-refractivity contribution < 1.29 is 13.6 Å². The maximum Gasteiger partial charge on any atom is 0.287 e. The molecule has 1 amide bonds. The van der Waals surface area contributed by atoms with Crippen LogP contribution >= 0.6 is 0 Å². The second-order valence-corrected chi connectivity index (χ2v) is 4.49. The van der Waals surface area contributed by atoms with E-state index in [-0.39, 0.29) is 11.7 Å². The molecule has 0 fully saturated rings. The summed E-state index contributed by atoms with van der Waals surface area (Å²) in [6.45, 7) is 0.492. The molecular weight excluding hydrogens is 256 g/mol. The van der Waals surface area contributed by atoms with Gasteiger partial charge in [0.15, 0.2) is 5.76 Å². The first-order valence-electron chi connectivity index (χ1n) is 6.32. The highest BCUT2D eigenvalue weighted by molar-refractivity contribution is 5.96. The summed E-state index contributed by atoms with van der Waals surface area (Å²) in [4.78, 5) is 12.0. The van der Waals surface area contributed by atoms with E-state index in [0.29, 0.717) is 24.2 Å². The molecule has 0 unspecified atom stereocenters. The van der Waals surface area contributed by atoms with Gasteiger partial charge in [-0.2, -0.15) is 0 Å². The van der Waals surface area contributed by atoms with Crippen LogP contribution in [0.4, 0.5) is 5.69 Å². The second kappa shape index (κ2) is 5.13. The number of anilines is 1. The number of rotatable bonds is 4. The summed E-state index contributed by atoms with van der Waals surface area (Å²) < 4.78 is 10.7. The largest absolute Gasteiger partial charge is 0.469 e. The molecule has 3 N–H and O–H groups in total. The van der Waals surface area contributed by atoms with Crippen LogP contribution in [0.5, 0.6) is 0 Å². The van der Waals surface area contributed by atoms with E-state index in [9.17, 15) is 4.79 Å². The molecule has 5 nitrogen and oxygen atoms in total. The van der Waals surface area contributed by atoms with Crippen LogP contribution in [0.1, 0.15) is 16.3 Å². The molecule has 3 rings (SSSR count). The van der Waals surface area contributed by atoms with Crippen molar-refractivity contribution in [2.45, 2.75) is 6.42 Å². The number of furan rings is 2. The SMILES string of the molecule is Nc1ccc2oc(C(=O)NCCc3ccco3)cc2c1. The molecule has 3 aromatic rings. The van der Waals surface area contributed by atoms with Crippen molar-refractivity contribution in [1.29, 1.82) is 0 Å². The number of nitrogens with two attached hydrogens (primary N) is 1. The molecule has 102 valence electrons. The van der Waals surface area contributed by atoms with E-state index in [2.05, 4.69) is 5.32 Å². The maximum absolute atomic E-state index is 12.0. The van der Waals surface area contributed by atoms with Gasteiger partial charge in [-0.1, -0.05) is 0 Å². The zero-order valence-corrected chi connectivity index (χ0v) is 10.8. The minimum Gasteiger partial charge on any atom is -0.469 e. The number of hydrogen-bond acceptors (Lipinski definition) is 4. The fourth-order valence-electron chi connectivity index (χ4n) is 2.01. The van der Waals surface area contributed by atoms with Crippen LogP contribution in [0.2, 0.25) is 0 Å². The quantitative estimate of drug-likeness (QED) is 0.714. The number of nitrogen functional groups attached to an aromatic ring is 1. The van der Waals surface area contributed by atoms with Crippen LogP contribution in [0.25, 0.3) is 11.0 Å². The van der Waals surface area contributed by atoms with Crippen LogP contribution in [0.15, 0.2) is 51.5 Å². The van der Waals surface area contributed by atoms with Gasteiger partial charge in [-0.3, -0.25) is 4.79 Å². The molecule has 2 aromatic heterocycles. The van der Waals surface area contributed by atoms with E-state index in [1.165, 1.54) is 0 Å². The standard InChI is InChI=1S/C15H14N2O3/c16-11-3-4-13-10(8-11)9-14(20-13)15(18)17-6-5-12-2-1-7-19-12/h1-4,7-9H,5-6,16H2,(H,17,18). The first-order chi connectivity index (χ1) is 9.72. The first kappa shape index (κ1) is 12.3. The Balaban J connectivity index is 1.66. The Kier molecular flexibility index (Phi) is 3.16. The van der Waals surface area contributed by atoms with Gasteiger partial charge in [0.05, 0.1) is 6.26 Å². The van der Waals surface area contributed by atoms with Gasteiger partial charge in [-0.25, -0.2) is 0 Å². The number of benzene rings is 1. The molecule has 0 atom stereocenters. The number of carbonyl (C=O) groups is 1. The van der Waals surface area contributed by atoms with Crippen molar-refractivity contribution in [3.8, 4) is 0 Å². The van der Waals surface area contributed by atoms with Gasteiger partial charge in [0.1, 0.15) is 11.3 Å². The average molecular weight is 270 g/mol. The third-order valence-electron chi connectivity index (χ3n) is 3.00. The van der Waals surface area contributed by atoms with E-state index in [1.54, 1.807) is 30.5 Å². The third-order valence-corrected chi connectivity index (χ3v) is 3.00. The van der Waals surface area contributed by atoms with Gasteiger partial charge in [0.25, 0.3) is 5.91 Å². The number of carbonyl (C=O) groups excluding carboxylic acids is 1. The Bertz CT molecular complexity index is 729. The molecule has 0 aliphatic heterocycles. The molecule has 5 heteroatoms. The second-order valence-electron chi connectivity index (χ2n) is 4.49. The summed E-state index contributed by atoms with van der Waals surface area (Å²) in [6, 6.07) is 10.7. The van der Waals surface area contributed by atoms with Crippen LogP contribution < -0.4 is 11.1 Å². The fraction of sp³-hybridized carbons (Fsp3) is 0.133. The zero-order valence-electron chi connectivity index (χ0n) is 10.8. The van der Waals surface area contributed by atoms with Gasteiger partial charge in [0, 0.05) is 24.0 Å². The van der Waals surface area contributed by atoms with Gasteiger partial charge in [0.2, 0.25) is 0 Å². The lowest BCUT2D eigenvalue weighted by atomic mass is 10.2. The predicted molar refractivity (Wildman–Crippen MR) is 75.4 cm³/mol. The summed E-state index contributed by atoms with van der Waals surface area (Å²) in [5, 5.41) is 3.61. The monoisotopic (exact) mass is 270 g/mol. The molecule has 0 spiro atoms. The highest BCUT2D eigenvalue weighted by atomic mass is 16.3. The molecule has 2 heterocycles. The zero-order chi connectivity index (χ0) is 13.9. The van der Waals surface area contributed by atoms with E-state index in [0.717, 1.165) is 11.1 Å². The van der Waals surface area contributed by atoms with Crippen LogP contribution in [0, 0.1) is 0 Å². The van der Waals surface area contributed by atoms with Crippen molar-refractivity contribution in [3.05, 3.63) is 54.2 Å². The summed E-state index contributed by atoms with van der Waals surface area (Å²) in [6.07, 6.45) is 2.26. The van der Waals surface area contributed by atoms with Gasteiger partial charge >= 0.3 is 0 Å². The summed E-state index contributed by atoms with van der Waals surface area (Å²) in [5.41, 5.74) is 6.98. The van der Waals surface area contributed by atoms with Gasteiger partial charge < -0.3 is 19.9 Å². The van der Waals surface area contributed by atoms with Crippen LogP contribution in [-0.2, 0) is 6.42 Å². The third kappa shape index (κ3) is 2.51. The smallest absolute Gasteiger partial charge is 0.287 e. The van der Waals surface area contributed by atoms with E-state index < -0.39 is 0 Å². The molecule has 20 heavy (non-hydrogen) atoms. The lowest BCUT2D eigenvalue weighted by Gasteiger charge is -2.00. The highest BCUT2D eigenvalue weighted by Crippen LogP contribution is 2.21. The fourth-order valence-corrected chi connectivity index (χ4v) is 2.01. The van der Waals surface area contributed by atoms with Crippen LogP contribution in [-0.4, -0.2) is 12.5 Å². The minimum absolute atomic E-state index is 0.244. The Hall–Kier alpha value is -2.69. The number of amides is 1. The molecule has 0 bridgehead atoms. The van der Waals surface area contributed by atoms with E-state index in [4.69, 9.17) is 14.6 Å². The van der Waals surface area contributed by atoms with Crippen molar-refractivity contribution in [1.82, 2.24) is 5.32 Å². The summed E-state index contributed by atoms with van der Waals surface area (Å²) in [5.74, 6) is 0.874. The average Bonchev–Trinajstić information content (AvgIpc) is 3.06. The lowest BCUT2D eigenvalue weighted by Crippen LogP contribution is -2.25. The lowest BCUT2D eigenvalue weighted by molar-refractivity contribution is 0.0928. The van der Waals surface area contributed by atoms with Crippen LogP contribution in [0.3, 0.4) is 0 Å². The van der Waals surface area contributed by atoms with Crippen molar-refractivity contribution in [2.75, 3.05) is 12.3 Å². The summed E-state index contributed by atoms with van der Waals surface area (Å²) >= 11 is 0. The topological polar surface area (TPSA) is 81.4 Å². The predicted octanol–water partition coefficient (Wildman–Crippen LogP) is 2.58. The van der Waals surface area contributed by atoms with Crippen molar-refractivity contribution in [3.63, 3.8) is 0 Å². The molecule has 0 radical (unpaired) electrons. The molecular formula is C15H14N2O3. The van der Waals surface area contributed by atoms with E-state index in [1.807, 2.05) is 12.1 Å². The van der Waals surface area contributed by atoms with Gasteiger partial charge in [-0.15, -0.1) is 0 Å². The number of nitrogens with one attached hydrogen (secondary N) is 1. The Morgan fingerprint density at radius 2 is 2.15 bits per heavy atom. The molecule has 0 saturated heterocycles. The van der Waals surface area contributed by atoms with E-state index >= 15 is 0 Å². The molecule has 0 saturated carbocycles.